The maximum absolute atomic E-state index is 12.1. The quantitative estimate of drug-likeness (QED) is 0.444. The van der Waals surface area contributed by atoms with Gasteiger partial charge in [-0.1, -0.05) is 11.6 Å². The molecule has 3 rings (SSSR count). The third-order valence-corrected chi connectivity index (χ3v) is 4.07. The van der Waals surface area contributed by atoms with E-state index in [1.165, 1.54) is 6.20 Å². The molecule has 0 radical (unpaired) electrons. The highest BCUT2D eigenvalue weighted by Gasteiger charge is 2.11. The third-order valence-electron chi connectivity index (χ3n) is 3.76. The number of pyridine rings is 2. The molecule has 7 heteroatoms. The van der Waals surface area contributed by atoms with Crippen molar-refractivity contribution in [3.05, 3.63) is 76.6 Å². The molecule has 6 nitrogen and oxygen atoms in total. The lowest BCUT2D eigenvalue weighted by molar-refractivity contribution is 0.0955. The second kappa shape index (κ2) is 7.27. The van der Waals surface area contributed by atoms with Crippen molar-refractivity contribution in [2.24, 2.45) is 5.10 Å². The number of hydrogen-bond donors (Lipinski definition) is 1. The molecule has 0 aromatic carbocycles. The second-order valence-corrected chi connectivity index (χ2v) is 5.77. The fourth-order valence-electron chi connectivity index (χ4n) is 2.58. The summed E-state index contributed by atoms with van der Waals surface area (Å²) < 4.78 is 2.10. The largest absolute Gasteiger partial charge is 0.318 e. The van der Waals surface area contributed by atoms with E-state index in [1.54, 1.807) is 30.7 Å². The van der Waals surface area contributed by atoms with Crippen LogP contribution in [0.2, 0.25) is 5.15 Å². The maximum Gasteiger partial charge on any atom is 0.274 e. The normalized spacial score (nSPS) is 11.0. The van der Waals surface area contributed by atoms with Crippen molar-refractivity contribution in [1.29, 1.82) is 0 Å². The molecule has 0 spiro atoms. The molecular weight excluding hydrogens is 338 g/mol. The molecule has 0 saturated heterocycles. The molecule has 1 N–H and O–H groups in total. The first kappa shape index (κ1) is 16.9. The van der Waals surface area contributed by atoms with Crippen LogP contribution < -0.4 is 5.43 Å². The van der Waals surface area contributed by atoms with Crippen LogP contribution in [0.1, 0.15) is 27.3 Å². The van der Waals surface area contributed by atoms with Gasteiger partial charge in [-0.3, -0.25) is 9.78 Å². The smallest absolute Gasteiger partial charge is 0.274 e. The van der Waals surface area contributed by atoms with Gasteiger partial charge in [-0.25, -0.2) is 10.4 Å². The first-order valence-corrected chi connectivity index (χ1v) is 7.99. The van der Waals surface area contributed by atoms with E-state index < -0.39 is 5.91 Å². The van der Waals surface area contributed by atoms with E-state index in [0.29, 0.717) is 0 Å². The van der Waals surface area contributed by atoms with Gasteiger partial charge in [0.2, 0.25) is 0 Å². The van der Waals surface area contributed by atoms with E-state index in [0.717, 1.165) is 22.6 Å². The van der Waals surface area contributed by atoms with E-state index >= 15 is 0 Å². The van der Waals surface area contributed by atoms with Crippen molar-refractivity contribution in [3.63, 3.8) is 0 Å². The number of aromatic nitrogens is 3. The Morgan fingerprint density at radius 3 is 2.72 bits per heavy atom. The SMILES string of the molecule is Cc1cc(C=NNC(=O)c2cccnc2Cl)c(C)n1-c1ccncc1. The molecular formula is C18H16ClN5O. The summed E-state index contributed by atoms with van der Waals surface area (Å²) in [6.07, 6.45) is 6.64. The average Bonchev–Trinajstić information content (AvgIpc) is 2.89. The summed E-state index contributed by atoms with van der Waals surface area (Å²) in [5.41, 5.74) is 6.76. The van der Waals surface area contributed by atoms with Crippen molar-refractivity contribution in [2.75, 3.05) is 0 Å². The Morgan fingerprint density at radius 2 is 2.00 bits per heavy atom. The van der Waals surface area contributed by atoms with Gasteiger partial charge in [0.25, 0.3) is 5.91 Å². The van der Waals surface area contributed by atoms with E-state index in [2.05, 4.69) is 25.1 Å². The molecule has 25 heavy (non-hydrogen) atoms. The predicted molar refractivity (Wildman–Crippen MR) is 97.3 cm³/mol. The lowest BCUT2D eigenvalue weighted by Gasteiger charge is -2.08. The second-order valence-electron chi connectivity index (χ2n) is 5.41. The summed E-state index contributed by atoms with van der Waals surface area (Å²) in [6.45, 7) is 4.01. The Bertz CT molecular complexity index is 934. The first-order valence-electron chi connectivity index (χ1n) is 7.61. The maximum atomic E-state index is 12.1. The molecule has 0 unspecified atom stereocenters. The van der Waals surface area contributed by atoms with E-state index in [1.807, 2.05) is 32.0 Å². The molecule has 3 aromatic rings. The first-order chi connectivity index (χ1) is 12.1. The van der Waals surface area contributed by atoms with Crippen LogP contribution in [-0.2, 0) is 0 Å². The van der Waals surface area contributed by atoms with Crippen molar-refractivity contribution >= 4 is 23.7 Å². The van der Waals surface area contributed by atoms with Gasteiger partial charge in [-0.05, 0) is 44.2 Å². The number of nitrogens with one attached hydrogen (secondary N) is 1. The summed E-state index contributed by atoms with van der Waals surface area (Å²) in [7, 11) is 0. The molecule has 0 saturated carbocycles. The van der Waals surface area contributed by atoms with Crippen LogP contribution in [-0.4, -0.2) is 26.7 Å². The number of amides is 1. The van der Waals surface area contributed by atoms with Crippen molar-refractivity contribution in [1.82, 2.24) is 20.0 Å². The number of aryl methyl sites for hydroxylation is 1. The van der Waals surface area contributed by atoms with Gasteiger partial charge in [0.1, 0.15) is 5.15 Å². The summed E-state index contributed by atoms with van der Waals surface area (Å²) in [6, 6.07) is 9.12. The molecule has 0 aliphatic heterocycles. The molecule has 0 aliphatic carbocycles. The van der Waals surface area contributed by atoms with Crippen LogP contribution >= 0.6 is 11.6 Å². The van der Waals surface area contributed by atoms with E-state index in [4.69, 9.17) is 11.6 Å². The molecule has 3 aromatic heterocycles. The highest BCUT2D eigenvalue weighted by atomic mass is 35.5. The minimum Gasteiger partial charge on any atom is -0.318 e. The zero-order valence-corrected chi connectivity index (χ0v) is 14.5. The van der Waals surface area contributed by atoms with Gasteiger partial charge in [0.05, 0.1) is 11.8 Å². The summed E-state index contributed by atoms with van der Waals surface area (Å²) in [5, 5.41) is 4.18. The molecule has 3 heterocycles. The summed E-state index contributed by atoms with van der Waals surface area (Å²) in [5.74, 6) is -0.405. The molecule has 0 atom stereocenters. The van der Waals surface area contributed by atoms with Gasteiger partial charge < -0.3 is 4.57 Å². The van der Waals surface area contributed by atoms with Crippen molar-refractivity contribution in [2.45, 2.75) is 13.8 Å². The van der Waals surface area contributed by atoms with Crippen LogP contribution in [0.25, 0.3) is 5.69 Å². The average molecular weight is 354 g/mol. The molecule has 0 aliphatic rings. The Morgan fingerprint density at radius 1 is 1.24 bits per heavy atom. The predicted octanol–water partition coefficient (Wildman–Crippen LogP) is 3.30. The minimum atomic E-state index is -0.405. The van der Waals surface area contributed by atoms with Gasteiger partial charge in [0.15, 0.2) is 0 Å². The molecule has 126 valence electrons. The number of halogens is 1. The van der Waals surface area contributed by atoms with Crippen LogP contribution in [0.3, 0.4) is 0 Å². The Hall–Kier alpha value is -2.99. The fraction of sp³-hybridized carbons (Fsp3) is 0.111. The summed E-state index contributed by atoms with van der Waals surface area (Å²) in [4.78, 5) is 20.0. The highest BCUT2D eigenvalue weighted by Crippen LogP contribution is 2.19. The lowest BCUT2D eigenvalue weighted by Crippen LogP contribution is -2.18. The van der Waals surface area contributed by atoms with E-state index in [-0.39, 0.29) is 10.7 Å². The van der Waals surface area contributed by atoms with Crippen LogP contribution in [0.5, 0.6) is 0 Å². The number of carbonyl (C=O) groups excluding carboxylic acids is 1. The van der Waals surface area contributed by atoms with Gasteiger partial charge >= 0.3 is 0 Å². The highest BCUT2D eigenvalue weighted by molar-refractivity contribution is 6.32. The van der Waals surface area contributed by atoms with Gasteiger partial charge in [-0.2, -0.15) is 5.10 Å². The molecule has 0 bridgehead atoms. The Labute approximate surface area is 150 Å². The lowest BCUT2D eigenvalue weighted by atomic mass is 10.2. The third kappa shape index (κ3) is 3.59. The number of rotatable bonds is 4. The Kier molecular flexibility index (Phi) is 4.90. The van der Waals surface area contributed by atoms with E-state index in [9.17, 15) is 4.79 Å². The standard InChI is InChI=1S/C18H16ClN5O/c1-12-10-14(13(2)24(12)15-5-8-20-9-6-15)11-22-23-18(25)16-4-3-7-21-17(16)19/h3-11H,1-2H3,(H,23,25). The van der Waals surface area contributed by atoms with Crippen molar-refractivity contribution < 1.29 is 4.79 Å². The van der Waals surface area contributed by atoms with Gasteiger partial charge in [-0.15, -0.1) is 0 Å². The zero-order chi connectivity index (χ0) is 17.8. The zero-order valence-electron chi connectivity index (χ0n) is 13.8. The fourth-order valence-corrected chi connectivity index (χ4v) is 2.79. The monoisotopic (exact) mass is 353 g/mol. The van der Waals surface area contributed by atoms with Crippen LogP contribution in [0.4, 0.5) is 0 Å². The van der Waals surface area contributed by atoms with Gasteiger partial charge in [0, 0.05) is 41.2 Å². The molecule has 1 amide bonds. The van der Waals surface area contributed by atoms with Crippen molar-refractivity contribution in [3.8, 4) is 5.69 Å². The number of carbonyl (C=O) groups is 1. The number of hydrogen-bond acceptors (Lipinski definition) is 4. The number of nitrogens with zero attached hydrogens (tertiary/aromatic N) is 4. The summed E-state index contributed by atoms with van der Waals surface area (Å²) >= 11 is 5.90. The molecule has 0 fully saturated rings. The number of hydrazone groups is 1. The topological polar surface area (TPSA) is 72.2 Å². The Balaban J connectivity index is 1.79. The van der Waals surface area contributed by atoms with Crippen LogP contribution in [0, 0.1) is 13.8 Å². The van der Waals surface area contributed by atoms with Crippen LogP contribution in [0.15, 0.2) is 54.0 Å². The minimum absolute atomic E-state index is 0.145.